The van der Waals surface area contributed by atoms with Gasteiger partial charge in [0.15, 0.2) is 0 Å². The summed E-state index contributed by atoms with van der Waals surface area (Å²) in [5.41, 5.74) is 0.790. The lowest BCUT2D eigenvalue weighted by Crippen LogP contribution is -2.19. The van der Waals surface area contributed by atoms with Crippen molar-refractivity contribution in [1.29, 1.82) is 0 Å². The predicted octanol–water partition coefficient (Wildman–Crippen LogP) is 1.57. The van der Waals surface area contributed by atoms with Crippen LogP contribution in [0.1, 0.15) is 19.0 Å². The molecule has 0 spiro atoms. The Morgan fingerprint density at radius 3 is 3.12 bits per heavy atom. The molecule has 0 aliphatic rings. The van der Waals surface area contributed by atoms with E-state index in [1.165, 1.54) is 11.5 Å². The maximum atomic E-state index is 11.6. The van der Waals surface area contributed by atoms with E-state index in [9.17, 15) is 4.79 Å². The smallest absolute Gasteiger partial charge is 0.250 e. The molecule has 1 N–H and O–H groups in total. The van der Waals surface area contributed by atoms with Crippen LogP contribution >= 0.6 is 11.5 Å². The van der Waals surface area contributed by atoms with Crippen molar-refractivity contribution in [1.82, 2.24) is 14.2 Å². The fourth-order valence-electron chi connectivity index (χ4n) is 1.44. The van der Waals surface area contributed by atoms with Crippen molar-refractivity contribution in [2.75, 3.05) is 11.9 Å². The van der Waals surface area contributed by atoms with Crippen LogP contribution in [0.25, 0.3) is 0 Å². The number of nitrogens with zero attached hydrogens (tertiary/aromatic N) is 3. The largest absolute Gasteiger partial charge is 0.374 e. The van der Waals surface area contributed by atoms with E-state index in [0.29, 0.717) is 6.54 Å². The lowest BCUT2D eigenvalue weighted by molar-refractivity contribution is 0.735. The highest BCUT2D eigenvalue weighted by Gasteiger charge is 2.08. The van der Waals surface area contributed by atoms with Crippen LogP contribution in [0.5, 0.6) is 0 Å². The van der Waals surface area contributed by atoms with Gasteiger partial charge in [-0.15, -0.1) is 5.10 Å². The monoisotopic (exact) mass is 250 g/mol. The van der Waals surface area contributed by atoms with Crippen LogP contribution in [0.15, 0.2) is 29.2 Å². The molecule has 90 valence electrons. The number of aromatic nitrogens is 3. The Hall–Kier alpha value is -1.69. The van der Waals surface area contributed by atoms with Gasteiger partial charge in [-0.3, -0.25) is 4.79 Å². The quantitative estimate of drug-likeness (QED) is 0.875. The SMILES string of the molecule is CCCNc1snnc1Cn1ccccc1=O. The highest BCUT2D eigenvalue weighted by molar-refractivity contribution is 7.10. The molecule has 0 aromatic carbocycles. The van der Waals surface area contributed by atoms with Crippen LogP contribution in [0.2, 0.25) is 0 Å². The van der Waals surface area contributed by atoms with Gasteiger partial charge in [-0.1, -0.05) is 17.5 Å². The summed E-state index contributed by atoms with van der Waals surface area (Å²) in [4.78, 5) is 11.6. The lowest BCUT2D eigenvalue weighted by Gasteiger charge is -2.05. The predicted molar refractivity (Wildman–Crippen MR) is 68.5 cm³/mol. The van der Waals surface area contributed by atoms with Gasteiger partial charge in [0.25, 0.3) is 5.56 Å². The van der Waals surface area contributed by atoms with Crippen molar-refractivity contribution in [3.63, 3.8) is 0 Å². The van der Waals surface area contributed by atoms with Crippen molar-refractivity contribution < 1.29 is 0 Å². The normalized spacial score (nSPS) is 10.4. The van der Waals surface area contributed by atoms with E-state index in [1.54, 1.807) is 22.9 Å². The molecule has 2 heterocycles. The van der Waals surface area contributed by atoms with Crippen molar-refractivity contribution in [2.24, 2.45) is 0 Å². The molecule has 0 atom stereocenters. The Labute approximate surface area is 103 Å². The summed E-state index contributed by atoms with van der Waals surface area (Å²) in [5.74, 6) is 0. The second kappa shape index (κ2) is 5.58. The van der Waals surface area contributed by atoms with E-state index in [-0.39, 0.29) is 5.56 Å². The summed E-state index contributed by atoms with van der Waals surface area (Å²) in [6.07, 6.45) is 2.80. The van der Waals surface area contributed by atoms with Crippen LogP contribution in [-0.2, 0) is 6.54 Å². The number of pyridine rings is 1. The van der Waals surface area contributed by atoms with Crippen molar-refractivity contribution >= 4 is 16.5 Å². The minimum Gasteiger partial charge on any atom is -0.374 e. The van der Waals surface area contributed by atoms with Gasteiger partial charge in [-0.05, 0) is 12.5 Å². The number of anilines is 1. The second-order valence-electron chi connectivity index (χ2n) is 3.64. The zero-order valence-electron chi connectivity index (χ0n) is 9.59. The lowest BCUT2D eigenvalue weighted by atomic mass is 10.4. The van der Waals surface area contributed by atoms with Gasteiger partial charge in [0.1, 0.15) is 10.7 Å². The molecule has 2 aromatic rings. The first-order chi connectivity index (χ1) is 8.31. The number of hydrogen-bond donors (Lipinski definition) is 1. The summed E-state index contributed by atoms with van der Waals surface area (Å²) in [6, 6.07) is 5.10. The molecule has 0 radical (unpaired) electrons. The van der Waals surface area contributed by atoms with E-state index < -0.39 is 0 Å². The van der Waals surface area contributed by atoms with Crippen LogP contribution in [-0.4, -0.2) is 20.7 Å². The molecular weight excluding hydrogens is 236 g/mol. The van der Waals surface area contributed by atoms with Gasteiger partial charge in [0.05, 0.1) is 6.54 Å². The fraction of sp³-hybridized carbons (Fsp3) is 0.364. The Balaban J connectivity index is 2.16. The Bertz CT molecular complexity index is 534. The number of hydrogen-bond acceptors (Lipinski definition) is 5. The summed E-state index contributed by atoms with van der Waals surface area (Å²) in [5, 5.41) is 8.26. The summed E-state index contributed by atoms with van der Waals surface area (Å²) in [7, 11) is 0. The first-order valence-corrected chi connectivity index (χ1v) is 6.29. The van der Waals surface area contributed by atoms with Gasteiger partial charge in [0, 0.05) is 30.3 Å². The summed E-state index contributed by atoms with van der Waals surface area (Å²) < 4.78 is 5.53. The highest BCUT2D eigenvalue weighted by atomic mass is 32.1. The second-order valence-corrected chi connectivity index (χ2v) is 4.40. The van der Waals surface area contributed by atoms with E-state index in [4.69, 9.17) is 0 Å². The molecule has 17 heavy (non-hydrogen) atoms. The van der Waals surface area contributed by atoms with Crippen molar-refractivity contribution in [3.05, 3.63) is 40.4 Å². The van der Waals surface area contributed by atoms with Crippen LogP contribution in [0, 0.1) is 0 Å². The first kappa shape index (κ1) is 11.8. The van der Waals surface area contributed by atoms with Crippen LogP contribution in [0.4, 0.5) is 5.00 Å². The molecular formula is C11H14N4OS. The zero-order valence-corrected chi connectivity index (χ0v) is 10.4. The van der Waals surface area contributed by atoms with Gasteiger partial charge < -0.3 is 9.88 Å². The van der Waals surface area contributed by atoms with E-state index in [0.717, 1.165) is 23.7 Å². The third kappa shape index (κ3) is 2.91. The molecule has 5 nitrogen and oxygen atoms in total. The molecule has 2 aromatic heterocycles. The topological polar surface area (TPSA) is 59.8 Å². The van der Waals surface area contributed by atoms with Crippen LogP contribution < -0.4 is 10.9 Å². The summed E-state index contributed by atoms with van der Waals surface area (Å²) in [6.45, 7) is 3.45. The standard InChI is InChI=1S/C11H14N4OS/c1-2-6-12-11-9(13-14-17-11)8-15-7-4-3-5-10(15)16/h3-5,7,12H,2,6,8H2,1H3. The molecule has 0 fully saturated rings. The molecule has 0 amide bonds. The van der Waals surface area contributed by atoms with Crippen molar-refractivity contribution in [3.8, 4) is 0 Å². The zero-order chi connectivity index (χ0) is 12.1. The molecule has 2 rings (SSSR count). The molecule has 0 aliphatic carbocycles. The van der Waals surface area contributed by atoms with Gasteiger partial charge in [0.2, 0.25) is 0 Å². The Morgan fingerprint density at radius 1 is 1.47 bits per heavy atom. The van der Waals surface area contributed by atoms with E-state index >= 15 is 0 Å². The minimum atomic E-state index is -0.0260. The molecule has 0 saturated heterocycles. The third-order valence-corrected chi connectivity index (χ3v) is 3.04. The Kier molecular flexibility index (Phi) is 3.87. The maximum Gasteiger partial charge on any atom is 0.250 e. The minimum absolute atomic E-state index is 0.0260. The molecule has 0 saturated carbocycles. The number of nitrogens with one attached hydrogen (secondary N) is 1. The van der Waals surface area contributed by atoms with Crippen LogP contribution in [0.3, 0.4) is 0 Å². The first-order valence-electron chi connectivity index (χ1n) is 5.52. The fourth-order valence-corrected chi connectivity index (χ4v) is 2.04. The average molecular weight is 250 g/mol. The van der Waals surface area contributed by atoms with Gasteiger partial charge in [-0.25, -0.2) is 0 Å². The number of rotatable bonds is 5. The average Bonchev–Trinajstić information content (AvgIpc) is 2.77. The summed E-state index contributed by atoms with van der Waals surface area (Å²) >= 11 is 1.33. The molecule has 0 unspecified atom stereocenters. The molecule has 0 aliphatic heterocycles. The molecule has 0 bridgehead atoms. The Morgan fingerprint density at radius 2 is 2.35 bits per heavy atom. The van der Waals surface area contributed by atoms with Gasteiger partial charge in [-0.2, -0.15) is 0 Å². The molecule has 6 heteroatoms. The van der Waals surface area contributed by atoms with E-state index in [1.807, 2.05) is 6.07 Å². The van der Waals surface area contributed by atoms with E-state index in [2.05, 4.69) is 21.8 Å². The van der Waals surface area contributed by atoms with Gasteiger partial charge >= 0.3 is 0 Å². The van der Waals surface area contributed by atoms with Crippen molar-refractivity contribution in [2.45, 2.75) is 19.9 Å². The highest BCUT2D eigenvalue weighted by Crippen LogP contribution is 2.17. The third-order valence-electron chi connectivity index (χ3n) is 2.31. The maximum absolute atomic E-state index is 11.6.